The fourth-order valence-corrected chi connectivity index (χ4v) is 1.13. The molecule has 3 heteroatoms. The van der Waals surface area contributed by atoms with Crippen LogP contribution in [0.5, 0.6) is 0 Å². The van der Waals surface area contributed by atoms with E-state index < -0.39 is 5.97 Å². The van der Waals surface area contributed by atoms with Gasteiger partial charge in [-0.25, -0.2) is 4.79 Å². The van der Waals surface area contributed by atoms with Gasteiger partial charge in [0.2, 0.25) is 0 Å². The largest absolute Gasteiger partial charge is 0.477 e. The number of nitrogens with zero attached hydrogens (tertiary/aromatic N) is 1. The van der Waals surface area contributed by atoms with E-state index in [1.54, 1.807) is 0 Å². The van der Waals surface area contributed by atoms with E-state index in [1.807, 2.05) is 13.0 Å². The molecule has 1 aliphatic rings. The lowest BCUT2D eigenvalue weighted by atomic mass is 10.0. The Morgan fingerprint density at radius 1 is 1.82 bits per heavy atom. The second-order valence-electron chi connectivity index (χ2n) is 2.41. The monoisotopic (exact) mass is 153 g/mol. The van der Waals surface area contributed by atoms with Crippen LogP contribution in [0.2, 0.25) is 0 Å². The van der Waals surface area contributed by atoms with Crippen LogP contribution in [0.25, 0.3) is 0 Å². The first-order valence-corrected chi connectivity index (χ1v) is 3.73. The molecule has 1 rings (SSSR count). The maximum absolute atomic E-state index is 10.6. The fourth-order valence-electron chi connectivity index (χ4n) is 1.13. The smallest absolute Gasteiger partial charge is 0.354 e. The van der Waals surface area contributed by atoms with Gasteiger partial charge in [0.15, 0.2) is 0 Å². The predicted molar refractivity (Wildman–Crippen MR) is 42.9 cm³/mol. The molecule has 0 unspecified atom stereocenters. The van der Waals surface area contributed by atoms with Crippen molar-refractivity contribution in [2.45, 2.75) is 19.8 Å². The van der Waals surface area contributed by atoms with Gasteiger partial charge in [0, 0.05) is 6.54 Å². The molecular weight excluding hydrogens is 142 g/mol. The Hall–Kier alpha value is -1.12. The number of carboxylic acids is 1. The zero-order valence-electron chi connectivity index (χ0n) is 6.50. The highest BCUT2D eigenvalue weighted by Crippen LogP contribution is 2.10. The summed E-state index contributed by atoms with van der Waals surface area (Å²) in [6.45, 7) is 2.56. The molecule has 3 nitrogen and oxygen atoms in total. The van der Waals surface area contributed by atoms with Gasteiger partial charge in [-0.2, -0.15) is 0 Å². The van der Waals surface area contributed by atoms with Crippen molar-refractivity contribution in [3.05, 3.63) is 11.6 Å². The molecular formula is C8H11NO2. The highest BCUT2D eigenvalue weighted by atomic mass is 16.4. The van der Waals surface area contributed by atoms with E-state index in [-0.39, 0.29) is 5.71 Å². The van der Waals surface area contributed by atoms with Gasteiger partial charge in [-0.3, -0.25) is 4.99 Å². The highest BCUT2D eigenvalue weighted by Gasteiger charge is 2.15. The van der Waals surface area contributed by atoms with E-state index in [2.05, 4.69) is 4.99 Å². The minimum atomic E-state index is -0.905. The molecule has 11 heavy (non-hydrogen) atoms. The van der Waals surface area contributed by atoms with Crippen molar-refractivity contribution in [2.75, 3.05) is 6.54 Å². The third kappa shape index (κ3) is 1.67. The molecule has 0 aromatic rings. The Bertz CT molecular complexity index is 228. The lowest BCUT2D eigenvalue weighted by molar-refractivity contribution is -0.129. The molecule has 0 saturated carbocycles. The van der Waals surface area contributed by atoms with E-state index in [0.29, 0.717) is 6.54 Å². The average Bonchev–Trinajstić information content (AvgIpc) is 2.04. The Labute approximate surface area is 65.4 Å². The molecule has 60 valence electrons. The maximum Gasteiger partial charge on any atom is 0.354 e. The fraction of sp³-hybridized carbons (Fsp3) is 0.500. The number of aliphatic imine (C=N–C) groups is 1. The van der Waals surface area contributed by atoms with Crippen molar-refractivity contribution < 1.29 is 9.90 Å². The van der Waals surface area contributed by atoms with E-state index in [9.17, 15) is 4.79 Å². The Balaban J connectivity index is 2.83. The molecule has 1 aliphatic heterocycles. The summed E-state index contributed by atoms with van der Waals surface area (Å²) in [7, 11) is 0. The summed E-state index contributed by atoms with van der Waals surface area (Å²) in [6.07, 6.45) is 3.58. The number of rotatable bonds is 2. The van der Waals surface area contributed by atoms with E-state index in [0.717, 1.165) is 18.4 Å². The van der Waals surface area contributed by atoms with Gasteiger partial charge >= 0.3 is 5.97 Å². The summed E-state index contributed by atoms with van der Waals surface area (Å²) >= 11 is 0. The summed E-state index contributed by atoms with van der Waals surface area (Å²) in [5.74, 6) is -0.905. The minimum Gasteiger partial charge on any atom is -0.477 e. The average molecular weight is 153 g/mol. The van der Waals surface area contributed by atoms with Crippen LogP contribution in [0, 0.1) is 0 Å². The SMILES string of the molecule is CCC1=CCCN=C1C(=O)O. The number of carbonyl (C=O) groups is 1. The Morgan fingerprint density at radius 3 is 3.00 bits per heavy atom. The minimum absolute atomic E-state index is 0.249. The quantitative estimate of drug-likeness (QED) is 0.649. The zero-order valence-corrected chi connectivity index (χ0v) is 6.50. The van der Waals surface area contributed by atoms with Crippen LogP contribution >= 0.6 is 0 Å². The molecule has 0 saturated heterocycles. The Kier molecular flexibility index (Phi) is 2.41. The molecule has 0 aromatic carbocycles. The van der Waals surface area contributed by atoms with Crippen LogP contribution in [-0.2, 0) is 4.79 Å². The summed E-state index contributed by atoms with van der Waals surface area (Å²) in [4.78, 5) is 14.5. The van der Waals surface area contributed by atoms with Gasteiger partial charge in [-0.1, -0.05) is 13.0 Å². The van der Waals surface area contributed by atoms with E-state index >= 15 is 0 Å². The lowest BCUT2D eigenvalue weighted by Crippen LogP contribution is -2.18. The normalized spacial score (nSPS) is 17.2. The number of aliphatic carboxylic acids is 1. The van der Waals surface area contributed by atoms with Crippen LogP contribution in [0.15, 0.2) is 16.6 Å². The number of hydrogen-bond acceptors (Lipinski definition) is 2. The van der Waals surface area contributed by atoms with Crippen molar-refractivity contribution in [3.63, 3.8) is 0 Å². The standard InChI is InChI=1S/C8H11NO2/c1-2-6-4-3-5-9-7(6)8(10)11/h4H,2-3,5H2,1H3,(H,10,11). The number of hydrogen-bond donors (Lipinski definition) is 1. The molecule has 0 aromatic heterocycles. The van der Waals surface area contributed by atoms with Crippen molar-refractivity contribution >= 4 is 11.7 Å². The lowest BCUT2D eigenvalue weighted by Gasteiger charge is -2.08. The molecule has 0 spiro atoms. The third-order valence-corrected chi connectivity index (χ3v) is 1.68. The second kappa shape index (κ2) is 3.32. The molecule has 0 radical (unpaired) electrons. The first-order chi connectivity index (χ1) is 5.25. The van der Waals surface area contributed by atoms with Crippen LogP contribution in [0.1, 0.15) is 19.8 Å². The molecule has 1 N–H and O–H groups in total. The van der Waals surface area contributed by atoms with Gasteiger partial charge < -0.3 is 5.11 Å². The Morgan fingerprint density at radius 2 is 2.55 bits per heavy atom. The van der Waals surface area contributed by atoms with Crippen LogP contribution < -0.4 is 0 Å². The summed E-state index contributed by atoms with van der Waals surface area (Å²) in [6, 6.07) is 0. The van der Waals surface area contributed by atoms with Crippen LogP contribution in [0.4, 0.5) is 0 Å². The summed E-state index contributed by atoms with van der Waals surface area (Å²) in [5.41, 5.74) is 1.11. The molecule has 1 heterocycles. The molecule has 0 atom stereocenters. The molecule has 0 aliphatic carbocycles. The van der Waals surface area contributed by atoms with Crippen molar-refractivity contribution in [2.24, 2.45) is 4.99 Å². The van der Waals surface area contributed by atoms with Gasteiger partial charge in [-0.15, -0.1) is 0 Å². The number of dihydropyridines is 1. The van der Waals surface area contributed by atoms with Crippen LogP contribution in [-0.4, -0.2) is 23.3 Å². The van der Waals surface area contributed by atoms with Gasteiger partial charge in [-0.05, 0) is 18.4 Å². The van der Waals surface area contributed by atoms with Crippen LogP contribution in [0.3, 0.4) is 0 Å². The predicted octanol–water partition coefficient (Wildman–Crippen LogP) is 1.25. The molecule has 0 amide bonds. The van der Waals surface area contributed by atoms with Gasteiger partial charge in [0.1, 0.15) is 5.71 Å². The topological polar surface area (TPSA) is 49.7 Å². The summed E-state index contributed by atoms with van der Waals surface area (Å²) in [5, 5.41) is 8.67. The highest BCUT2D eigenvalue weighted by molar-refractivity contribution is 6.42. The van der Waals surface area contributed by atoms with Gasteiger partial charge in [0.05, 0.1) is 0 Å². The molecule has 0 fully saturated rings. The first-order valence-electron chi connectivity index (χ1n) is 3.73. The van der Waals surface area contributed by atoms with Crippen molar-refractivity contribution in [1.82, 2.24) is 0 Å². The summed E-state index contributed by atoms with van der Waals surface area (Å²) < 4.78 is 0. The second-order valence-corrected chi connectivity index (χ2v) is 2.41. The van der Waals surface area contributed by atoms with Crippen molar-refractivity contribution in [3.8, 4) is 0 Å². The van der Waals surface area contributed by atoms with E-state index in [4.69, 9.17) is 5.11 Å². The zero-order chi connectivity index (χ0) is 8.27. The third-order valence-electron chi connectivity index (χ3n) is 1.68. The number of carboxylic acid groups (broad SMARTS) is 1. The first kappa shape index (κ1) is 7.98. The maximum atomic E-state index is 10.6. The van der Waals surface area contributed by atoms with Crippen molar-refractivity contribution in [1.29, 1.82) is 0 Å². The molecule has 0 bridgehead atoms. The van der Waals surface area contributed by atoms with Gasteiger partial charge in [0.25, 0.3) is 0 Å². The van der Waals surface area contributed by atoms with E-state index in [1.165, 1.54) is 0 Å².